The number of esters is 1. The van der Waals surface area contributed by atoms with Gasteiger partial charge in [-0.3, -0.25) is 4.79 Å². The number of carbonyl (C=O) groups excluding carboxylic acids is 1. The van der Waals surface area contributed by atoms with Gasteiger partial charge in [0, 0.05) is 0 Å². The summed E-state index contributed by atoms with van der Waals surface area (Å²) in [6.45, 7) is 0. The fraction of sp³-hybridized carbons (Fsp3) is 0.300. The molecule has 1 rings (SSSR count). The van der Waals surface area contributed by atoms with Gasteiger partial charge in [-0.1, -0.05) is 0 Å². The van der Waals surface area contributed by atoms with Crippen LogP contribution in [0.1, 0.15) is 17.0 Å². The van der Waals surface area contributed by atoms with E-state index in [2.05, 4.69) is 9.72 Å². The monoisotopic (exact) mass is 244 g/mol. The molecule has 4 nitrogen and oxygen atoms in total. The first-order chi connectivity index (χ1) is 7.86. The summed E-state index contributed by atoms with van der Waals surface area (Å²) in [6, 6.07) is 3.32. The van der Waals surface area contributed by atoms with Crippen LogP contribution in [0.5, 0.6) is 0 Å². The summed E-state index contributed by atoms with van der Waals surface area (Å²) in [5, 5.41) is 8.58. The van der Waals surface area contributed by atoms with Crippen molar-refractivity contribution >= 4 is 5.97 Å². The molecule has 0 fully saturated rings. The van der Waals surface area contributed by atoms with E-state index >= 15 is 0 Å². The van der Waals surface area contributed by atoms with Crippen LogP contribution in [0.4, 0.5) is 13.2 Å². The van der Waals surface area contributed by atoms with Gasteiger partial charge in [-0.2, -0.15) is 18.4 Å². The predicted molar refractivity (Wildman–Crippen MR) is 49.7 cm³/mol. The van der Waals surface area contributed by atoms with E-state index in [4.69, 9.17) is 5.26 Å². The molecule has 0 saturated heterocycles. The van der Waals surface area contributed by atoms with Crippen LogP contribution in [0, 0.1) is 11.3 Å². The van der Waals surface area contributed by atoms with Crippen molar-refractivity contribution in [2.45, 2.75) is 12.6 Å². The summed E-state index contributed by atoms with van der Waals surface area (Å²) in [7, 11) is 1.11. The number of pyridine rings is 1. The number of nitrogens with zero attached hydrogens (tertiary/aromatic N) is 2. The number of aromatic nitrogens is 1. The SMILES string of the molecule is COC(=O)Cc1cc(C#N)cc(C(F)(F)F)n1. The molecule has 0 aliphatic rings. The summed E-state index contributed by atoms with van der Waals surface area (Å²) in [6.07, 6.45) is -5.06. The summed E-state index contributed by atoms with van der Waals surface area (Å²) < 4.78 is 41.6. The lowest BCUT2D eigenvalue weighted by atomic mass is 10.1. The molecule has 0 radical (unpaired) electrons. The fourth-order valence-corrected chi connectivity index (χ4v) is 1.11. The van der Waals surface area contributed by atoms with Gasteiger partial charge in [0.25, 0.3) is 0 Å². The van der Waals surface area contributed by atoms with Crippen molar-refractivity contribution in [3.8, 4) is 6.07 Å². The fourth-order valence-electron chi connectivity index (χ4n) is 1.11. The molecule has 0 aliphatic heterocycles. The number of hydrogen-bond acceptors (Lipinski definition) is 4. The average molecular weight is 244 g/mol. The van der Waals surface area contributed by atoms with E-state index in [9.17, 15) is 18.0 Å². The van der Waals surface area contributed by atoms with Crippen molar-refractivity contribution in [1.82, 2.24) is 4.98 Å². The van der Waals surface area contributed by atoms with E-state index in [0.29, 0.717) is 6.07 Å². The quantitative estimate of drug-likeness (QED) is 0.742. The molecular weight excluding hydrogens is 237 g/mol. The molecule has 0 amide bonds. The summed E-state index contributed by atoms with van der Waals surface area (Å²) in [5.41, 5.74) is -1.55. The minimum atomic E-state index is -4.66. The molecule has 17 heavy (non-hydrogen) atoms. The number of ether oxygens (including phenoxy) is 1. The van der Waals surface area contributed by atoms with Crippen LogP contribution in [-0.4, -0.2) is 18.1 Å². The van der Waals surface area contributed by atoms with Gasteiger partial charge in [-0.15, -0.1) is 0 Å². The minimum Gasteiger partial charge on any atom is -0.469 e. The Hall–Kier alpha value is -2.10. The van der Waals surface area contributed by atoms with Crippen LogP contribution in [0.15, 0.2) is 12.1 Å². The number of hydrogen-bond donors (Lipinski definition) is 0. The third-order valence-corrected chi connectivity index (χ3v) is 1.85. The third-order valence-electron chi connectivity index (χ3n) is 1.85. The van der Waals surface area contributed by atoms with Crippen LogP contribution < -0.4 is 0 Å². The van der Waals surface area contributed by atoms with Crippen LogP contribution in [0.25, 0.3) is 0 Å². The normalized spacial score (nSPS) is 10.8. The van der Waals surface area contributed by atoms with Gasteiger partial charge in [0.2, 0.25) is 0 Å². The second-order valence-electron chi connectivity index (χ2n) is 3.09. The van der Waals surface area contributed by atoms with Crippen LogP contribution in [0.2, 0.25) is 0 Å². The molecule has 0 aromatic carbocycles. The van der Waals surface area contributed by atoms with Gasteiger partial charge in [-0.25, -0.2) is 4.98 Å². The maximum atomic E-state index is 12.4. The smallest absolute Gasteiger partial charge is 0.433 e. The van der Waals surface area contributed by atoms with E-state index in [-0.39, 0.29) is 11.3 Å². The zero-order chi connectivity index (χ0) is 13.1. The third kappa shape index (κ3) is 3.45. The Labute approximate surface area is 94.6 Å². The van der Waals surface area contributed by atoms with Crippen molar-refractivity contribution in [3.05, 3.63) is 29.1 Å². The molecule has 1 heterocycles. The second kappa shape index (κ2) is 4.82. The van der Waals surface area contributed by atoms with Gasteiger partial charge in [0.1, 0.15) is 5.69 Å². The van der Waals surface area contributed by atoms with Gasteiger partial charge < -0.3 is 4.74 Å². The number of alkyl halides is 3. The number of nitriles is 1. The Balaban J connectivity index is 3.16. The maximum Gasteiger partial charge on any atom is 0.433 e. The first-order valence-corrected chi connectivity index (χ1v) is 4.42. The lowest BCUT2D eigenvalue weighted by Crippen LogP contribution is -2.13. The van der Waals surface area contributed by atoms with Crippen molar-refractivity contribution in [1.29, 1.82) is 5.26 Å². The zero-order valence-corrected chi connectivity index (χ0v) is 8.71. The van der Waals surface area contributed by atoms with Crippen molar-refractivity contribution < 1.29 is 22.7 Å². The van der Waals surface area contributed by atoms with Gasteiger partial charge in [-0.05, 0) is 12.1 Å². The highest BCUT2D eigenvalue weighted by atomic mass is 19.4. The van der Waals surface area contributed by atoms with E-state index in [1.54, 1.807) is 6.07 Å². The molecule has 0 spiro atoms. The topological polar surface area (TPSA) is 63.0 Å². The number of rotatable bonds is 2. The maximum absolute atomic E-state index is 12.4. The van der Waals surface area contributed by atoms with Crippen molar-refractivity contribution in [2.24, 2.45) is 0 Å². The first-order valence-electron chi connectivity index (χ1n) is 4.42. The average Bonchev–Trinajstić information content (AvgIpc) is 2.27. The van der Waals surface area contributed by atoms with Gasteiger partial charge >= 0.3 is 12.1 Å². The van der Waals surface area contributed by atoms with Crippen LogP contribution >= 0.6 is 0 Å². The van der Waals surface area contributed by atoms with Crippen LogP contribution in [0.3, 0.4) is 0 Å². The molecule has 1 aromatic heterocycles. The van der Waals surface area contributed by atoms with E-state index in [0.717, 1.165) is 13.2 Å². The summed E-state index contributed by atoms with van der Waals surface area (Å²) in [5.74, 6) is -0.722. The molecule has 90 valence electrons. The zero-order valence-electron chi connectivity index (χ0n) is 8.71. The highest BCUT2D eigenvalue weighted by Gasteiger charge is 2.33. The Morgan fingerprint density at radius 1 is 1.53 bits per heavy atom. The summed E-state index contributed by atoms with van der Waals surface area (Å²) in [4.78, 5) is 14.2. The second-order valence-corrected chi connectivity index (χ2v) is 3.09. The predicted octanol–water partition coefficient (Wildman–Crippen LogP) is 1.69. The van der Waals surface area contributed by atoms with E-state index < -0.39 is 24.3 Å². The molecular formula is C10H7F3N2O2. The largest absolute Gasteiger partial charge is 0.469 e. The van der Waals surface area contributed by atoms with Crippen LogP contribution in [-0.2, 0) is 22.1 Å². The molecule has 0 aliphatic carbocycles. The van der Waals surface area contributed by atoms with Gasteiger partial charge in [0.05, 0.1) is 30.9 Å². The van der Waals surface area contributed by atoms with Gasteiger partial charge in [0.15, 0.2) is 0 Å². The number of halogens is 3. The van der Waals surface area contributed by atoms with Crippen molar-refractivity contribution in [3.63, 3.8) is 0 Å². The van der Waals surface area contributed by atoms with Crippen molar-refractivity contribution in [2.75, 3.05) is 7.11 Å². The lowest BCUT2D eigenvalue weighted by molar-refractivity contribution is -0.142. The minimum absolute atomic E-state index is 0.150. The summed E-state index contributed by atoms with van der Waals surface area (Å²) >= 11 is 0. The number of carbonyl (C=O) groups is 1. The van der Waals surface area contributed by atoms with E-state index in [1.807, 2.05) is 0 Å². The highest BCUT2D eigenvalue weighted by molar-refractivity contribution is 5.71. The Morgan fingerprint density at radius 2 is 2.18 bits per heavy atom. The molecule has 7 heteroatoms. The molecule has 1 aromatic rings. The molecule has 0 bridgehead atoms. The molecule has 0 atom stereocenters. The lowest BCUT2D eigenvalue weighted by Gasteiger charge is -2.08. The standard InChI is InChI=1S/C10H7F3N2O2/c1-17-9(16)4-7-2-6(5-14)3-8(15-7)10(11,12)13/h2-3H,4H2,1H3. The number of methoxy groups -OCH3 is 1. The first kappa shape index (κ1) is 13.0. The van der Waals surface area contributed by atoms with E-state index in [1.165, 1.54) is 0 Å². The molecule has 0 saturated carbocycles. The Bertz CT molecular complexity index is 477. The Kier molecular flexibility index (Phi) is 3.68. The Morgan fingerprint density at radius 3 is 2.65 bits per heavy atom. The molecule has 0 N–H and O–H groups in total. The highest BCUT2D eigenvalue weighted by Crippen LogP contribution is 2.28. The molecule has 0 unspecified atom stereocenters.